The molecule has 0 bridgehead atoms. The van der Waals surface area contributed by atoms with Gasteiger partial charge in [-0.25, -0.2) is 4.39 Å². The average Bonchev–Trinajstić information content (AvgIpc) is 2.64. The molecule has 0 aliphatic rings. The molecule has 0 amide bonds. The van der Waals surface area contributed by atoms with Gasteiger partial charge < -0.3 is 25.2 Å². The molecule has 28 heavy (non-hydrogen) atoms. The Hall–Kier alpha value is -1.28. The first-order valence-corrected chi connectivity index (χ1v) is 8.78. The van der Waals surface area contributed by atoms with E-state index in [0.29, 0.717) is 35.2 Å². The van der Waals surface area contributed by atoms with Crippen LogP contribution in [-0.2, 0) is 13.2 Å². The molecule has 0 spiro atoms. The zero-order chi connectivity index (χ0) is 18.8. The lowest BCUT2D eigenvalue weighted by Gasteiger charge is -2.14. The van der Waals surface area contributed by atoms with Gasteiger partial charge in [-0.15, -0.1) is 24.8 Å². The first kappa shape index (κ1) is 26.7. The van der Waals surface area contributed by atoms with Crippen molar-refractivity contribution in [1.82, 2.24) is 10.6 Å². The van der Waals surface area contributed by atoms with Crippen molar-refractivity contribution in [3.8, 4) is 11.5 Å². The maximum Gasteiger partial charge on any atom is 0.161 e. The van der Waals surface area contributed by atoms with Crippen LogP contribution in [0.1, 0.15) is 11.1 Å². The first-order valence-electron chi connectivity index (χ1n) is 8.40. The summed E-state index contributed by atoms with van der Waals surface area (Å²) in [6.07, 6.45) is 0. The van der Waals surface area contributed by atoms with Crippen LogP contribution in [0.25, 0.3) is 0 Å². The second-order valence-electron chi connectivity index (χ2n) is 5.62. The molecule has 0 atom stereocenters. The number of hydrogen-bond donors (Lipinski definition) is 3. The summed E-state index contributed by atoms with van der Waals surface area (Å²) in [6.45, 7) is 2.99. The fourth-order valence-corrected chi connectivity index (χ4v) is 2.59. The molecular weight excluding hydrogens is 430 g/mol. The SMILES string of the molecule is COc1cc(CNCCNCCO)ccc1OCc1c(F)cccc1Cl.Cl.Cl. The summed E-state index contributed by atoms with van der Waals surface area (Å²) >= 11 is 6.02. The molecule has 0 aliphatic heterocycles. The Balaban J connectivity index is 0.00000364. The number of benzene rings is 2. The monoisotopic (exact) mass is 454 g/mol. The van der Waals surface area contributed by atoms with E-state index in [1.54, 1.807) is 25.3 Å². The van der Waals surface area contributed by atoms with Crippen molar-refractivity contribution in [2.24, 2.45) is 0 Å². The Labute approximate surface area is 182 Å². The molecule has 0 aromatic heterocycles. The third-order valence-corrected chi connectivity index (χ3v) is 4.11. The summed E-state index contributed by atoms with van der Waals surface area (Å²) in [5.74, 6) is 0.711. The highest BCUT2D eigenvalue weighted by molar-refractivity contribution is 6.31. The van der Waals surface area contributed by atoms with Crippen LogP contribution in [0.5, 0.6) is 11.5 Å². The molecule has 9 heteroatoms. The molecule has 0 saturated carbocycles. The van der Waals surface area contributed by atoms with Gasteiger partial charge in [-0.2, -0.15) is 0 Å². The summed E-state index contributed by atoms with van der Waals surface area (Å²) in [4.78, 5) is 0. The Bertz CT molecular complexity index is 688. The van der Waals surface area contributed by atoms with E-state index in [1.165, 1.54) is 6.07 Å². The van der Waals surface area contributed by atoms with E-state index < -0.39 is 5.82 Å². The van der Waals surface area contributed by atoms with Gasteiger partial charge >= 0.3 is 0 Å². The summed E-state index contributed by atoms with van der Waals surface area (Å²) in [7, 11) is 1.56. The fraction of sp³-hybridized carbons (Fsp3) is 0.368. The molecule has 0 fully saturated rings. The van der Waals surface area contributed by atoms with E-state index in [4.69, 9.17) is 26.2 Å². The molecule has 2 rings (SSSR count). The maximum absolute atomic E-state index is 13.8. The van der Waals surface area contributed by atoms with Crippen molar-refractivity contribution in [3.05, 3.63) is 58.4 Å². The van der Waals surface area contributed by atoms with Crippen molar-refractivity contribution in [3.63, 3.8) is 0 Å². The number of aliphatic hydroxyl groups is 1. The number of hydrogen-bond acceptors (Lipinski definition) is 5. The molecular formula is C19H26Cl3FN2O3. The maximum atomic E-state index is 13.8. The molecule has 0 unspecified atom stereocenters. The van der Waals surface area contributed by atoms with Gasteiger partial charge in [-0.1, -0.05) is 23.7 Å². The minimum Gasteiger partial charge on any atom is -0.493 e. The van der Waals surface area contributed by atoms with Gasteiger partial charge in [-0.05, 0) is 29.8 Å². The van der Waals surface area contributed by atoms with Crippen LogP contribution in [0.3, 0.4) is 0 Å². The van der Waals surface area contributed by atoms with Gasteiger partial charge in [-0.3, -0.25) is 0 Å². The van der Waals surface area contributed by atoms with Crippen LogP contribution in [0, 0.1) is 5.82 Å². The highest BCUT2D eigenvalue weighted by Crippen LogP contribution is 2.30. The molecule has 0 saturated heterocycles. The molecule has 0 aliphatic carbocycles. The number of ether oxygens (including phenoxy) is 2. The Morgan fingerprint density at radius 2 is 1.79 bits per heavy atom. The van der Waals surface area contributed by atoms with E-state index in [0.717, 1.165) is 18.7 Å². The summed E-state index contributed by atoms with van der Waals surface area (Å²) < 4.78 is 24.9. The van der Waals surface area contributed by atoms with Crippen molar-refractivity contribution in [1.29, 1.82) is 0 Å². The normalized spacial score (nSPS) is 10.0. The van der Waals surface area contributed by atoms with Crippen LogP contribution >= 0.6 is 36.4 Å². The summed E-state index contributed by atoms with van der Waals surface area (Å²) in [6, 6.07) is 10.1. The molecule has 5 nitrogen and oxygen atoms in total. The quantitative estimate of drug-likeness (QED) is 0.452. The zero-order valence-electron chi connectivity index (χ0n) is 15.5. The number of halogens is 4. The number of aliphatic hydroxyl groups excluding tert-OH is 1. The Morgan fingerprint density at radius 1 is 1.04 bits per heavy atom. The minimum absolute atomic E-state index is 0. The first-order chi connectivity index (χ1) is 12.7. The number of rotatable bonds is 11. The Morgan fingerprint density at radius 3 is 2.46 bits per heavy atom. The van der Waals surface area contributed by atoms with Gasteiger partial charge in [0.2, 0.25) is 0 Å². The van der Waals surface area contributed by atoms with Crippen molar-refractivity contribution in [2.75, 3.05) is 33.4 Å². The van der Waals surface area contributed by atoms with E-state index in [9.17, 15) is 4.39 Å². The van der Waals surface area contributed by atoms with Crippen LogP contribution in [-0.4, -0.2) is 38.5 Å². The van der Waals surface area contributed by atoms with Crippen molar-refractivity contribution in [2.45, 2.75) is 13.2 Å². The predicted octanol–water partition coefficient (Wildman–Crippen LogP) is 3.58. The number of nitrogens with one attached hydrogen (secondary N) is 2. The average molecular weight is 456 g/mol. The fourth-order valence-electron chi connectivity index (χ4n) is 2.37. The van der Waals surface area contributed by atoms with Gasteiger partial charge in [0, 0.05) is 31.7 Å². The van der Waals surface area contributed by atoms with Crippen LogP contribution in [0.15, 0.2) is 36.4 Å². The third kappa shape index (κ3) is 8.39. The van der Waals surface area contributed by atoms with Gasteiger partial charge in [0.05, 0.1) is 18.7 Å². The lowest BCUT2D eigenvalue weighted by molar-refractivity contribution is 0.279. The number of methoxy groups -OCH3 is 1. The Kier molecular flexibility index (Phi) is 14.0. The molecule has 0 radical (unpaired) electrons. The van der Waals surface area contributed by atoms with Crippen LogP contribution < -0.4 is 20.1 Å². The minimum atomic E-state index is -0.396. The molecule has 0 heterocycles. The van der Waals surface area contributed by atoms with Crippen molar-refractivity contribution < 1.29 is 19.0 Å². The predicted molar refractivity (Wildman–Crippen MR) is 115 cm³/mol. The van der Waals surface area contributed by atoms with Gasteiger partial charge in [0.1, 0.15) is 12.4 Å². The highest BCUT2D eigenvalue weighted by Gasteiger charge is 2.11. The largest absolute Gasteiger partial charge is 0.493 e. The smallest absolute Gasteiger partial charge is 0.161 e. The molecule has 3 N–H and O–H groups in total. The topological polar surface area (TPSA) is 62.8 Å². The molecule has 2 aromatic rings. The van der Waals surface area contributed by atoms with Crippen molar-refractivity contribution >= 4 is 36.4 Å². The van der Waals surface area contributed by atoms with E-state index in [-0.39, 0.29) is 38.0 Å². The highest BCUT2D eigenvalue weighted by atomic mass is 35.5. The van der Waals surface area contributed by atoms with Crippen LogP contribution in [0.4, 0.5) is 4.39 Å². The second kappa shape index (κ2) is 14.7. The second-order valence-corrected chi connectivity index (χ2v) is 6.03. The van der Waals surface area contributed by atoms with Gasteiger partial charge in [0.25, 0.3) is 0 Å². The van der Waals surface area contributed by atoms with E-state index >= 15 is 0 Å². The zero-order valence-corrected chi connectivity index (χ0v) is 17.9. The lowest BCUT2D eigenvalue weighted by atomic mass is 10.2. The van der Waals surface area contributed by atoms with Gasteiger partial charge in [0.15, 0.2) is 11.5 Å². The third-order valence-electron chi connectivity index (χ3n) is 3.76. The van der Waals surface area contributed by atoms with E-state index in [1.807, 2.05) is 12.1 Å². The summed E-state index contributed by atoms with van der Waals surface area (Å²) in [5.41, 5.74) is 1.36. The van der Waals surface area contributed by atoms with Crippen LogP contribution in [0.2, 0.25) is 5.02 Å². The lowest BCUT2D eigenvalue weighted by Crippen LogP contribution is -2.28. The molecule has 158 valence electrons. The molecule has 2 aromatic carbocycles. The summed E-state index contributed by atoms with van der Waals surface area (Å²) in [5, 5.41) is 15.4. The van der Waals surface area contributed by atoms with E-state index in [2.05, 4.69) is 10.6 Å². The standard InChI is InChI=1S/C19H24ClFN2O3.2ClH/c1-25-19-11-14(12-23-8-7-22-9-10-24)5-6-18(19)26-13-15-16(20)3-2-4-17(15)21;;/h2-6,11,22-24H,7-10,12-13H2,1H3;2*1H.